The summed E-state index contributed by atoms with van der Waals surface area (Å²) in [5, 5.41) is 3.27. The number of hydrogen-bond acceptors (Lipinski definition) is 4. The van der Waals surface area contributed by atoms with Crippen molar-refractivity contribution >= 4 is 35.2 Å². The fourth-order valence-corrected chi connectivity index (χ4v) is 3.54. The molecule has 0 spiro atoms. The minimum atomic E-state index is -0.492. The SMILES string of the molecule is O=CC1CC=C2C(=O)N(c3ccc(Nc4ccccc4)cc3)C(=O)C2C1. The van der Waals surface area contributed by atoms with Gasteiger partial charge in [-0.2, -0.15) is 0 Å². The Morgan fingerprint density at radius 3 is 2.35 bits per heavy atom. The zero-order valence-corrected chi connectivity index (χ0v) is 14.1. The summed E-state index contributed by atoms with van der Waals surface area (Å²) in [4.78, 5) is 37.6. The van der Waals surface area contributed by atoms with E-state index in [0.717, 1.165) is 17.7 Å². The second-order valence-electron chi connectivity index (χ2n) is 6.60. The van der Waals surface area contributed by atoms with Gasteiger partial charge in [-0.15, -0.1) is 0 Å². The van der Waals surface area contributed by atoms with Crippen molar-refractivity contribution in [1.29, 1.82) is 0 Å². The predicted molar refractivity (Wildman–Crippen MR) is 99.0 cm³/mol. The normalized spacial score (nSPS) is 22.0. The average Bonchev–Trinajstić information content (AvgIpc) is 2.93. The number of carbonyl (C=O) groups is 3. The quantitative estimate of drug-likeness (QED) is 0.680. The van der Waals surface area contributed by atoms with Crippen LogP contribution in [0.4, 0.5) is 17.1 Å². The predicted octanol–water partition coefficient (Wildman–Crippen LogP) is 3.45. The van der Waals surface area contributed by atoms with Gasteiger partial charge in [0, 0.05) is 22.9 Å². The van der Waals surface area contributed by atoms with E-state index < -0.39 is 5.92 Å². The van der Waals surface area contributed by atoms with Crippen LogP contribution in [0.3, 0.4) is 0 Å². The van der Waals surface area contributed by atoms with E-state index >= 15 is 0 Å². The average molecular weight is 346 g/mol. The van der Waals surface area contributed by atoms with Gasteiger partial charge < -0.3 is 10.1 Å². The summed E-state index contributed by atoms with van der Waals surface area (Å²) in [6.45, 7) is 0. The molecule has 0 aromatic heterocycles. The lowest BCUT2D eigenvalue weighted by atomic mass is 9.83. The maximum absolute atomic E-state index is 12.7. The summed E-state index contributed by atoms with van der Waals surface area (Å²) in [6.07, 6.45) is 3.57. The number of benzene rings is 2. The Morgan fingerprint density at radius 1 is 0.962 bits per heavy atom. The number of imide groups is 1. The number of aldehydes is 1. The first-order chi connectivity index (χ1) is 12.7. The zero-order chi connectivity index (χ0) is 18.1. The molecule has 1 aliphatic carbocycles. The summed E-state index contributed by atoms with van der Waals surface area (Å²) in [5.74, 6) is -1.18. The van der Waals surface area contributed by atoms with E-state index in [4.69, 9.17) is 0 Å². The molecule has 1 heterocycles. The number of amides is 2. The van der Waals surface area contributed by atoms with Gasteiger partial charge in [-0.05, 0) is 49.2 Å². The van der Waals surface area contributed by atoms with Gasteiger partial charge in [0.2, 0.25) is 5.91 Å². The van der Waals surface area contributed by atoms with Crippen LogP contribution in [0, 0.1) is 11.8 Å². The third-order valence-electron chi connectivity index (χ3n) is 4.90. The molecule has 2 aliphatic rings. The molecule has 26 heavy (non-hydrogen) atoms. The molecule has 130 valence electrons. The van der Waals surface area contributed by atoms with Crippen LogP contribution < -0.4 is 10.2 Å². The molecule has 5 nitrogen and oxygen atoms in total. The van der Waals surface area contributed by atoms with Crippen molar-refractivity contribution < 1.29 is 14.4 Å². The number of allylic oxidation sites excluding steroid dienone is 1. The molecule has 5 heteroatoms. The van der Waals surface area contributed by atoms with Crippen LogP contribution in [0.25, 0.3) is 0 Å². The van der Waals surface area contributed by atoms with Crippen molar-refractivity contribution in [2.75, 3.05) is 10.2 Å². The number of anilines is 3. The second-order valence-corrected chi connectivity index (χ2v) is 6.60. The monoisotopic (exact) mass is 346 g/mol. The molecule has 1 aliphatic heterocycles. The lowest BCUT2D eigenvalue weighted by Gasteiger charge is -2.18. The number of hydrogen-bond donors (Lipinski definition) is 1. The van der Waals surface area contributed by atoms with Gasteiger partial charge in [0.1, 0.15) is 6.29 Å². The molecule has 1 fully saturated rings. The van der Waals surface area contributed by atoms with Gasteiger partial charge in [-0.3, -0.25) is 9.59 Å². The molecule has 2 amide bonds. The fraction of sp³-hybridized carbons (Fsp3) is 0.190. The van der Waals surface area contributed by atoms with E-state index in [1.165, 1.54) is 4.90 Å². The van der Waals surface area contributed by atoms with E-state index in [1.54, 1.807) is 18.2 Å². The van der Waals surface area contributed by atoms with Crippen molar-refractivity contribution in [1.82, 2.24) is 0 Å². The second kappa shape index (κ2) is 6.59. The highest BCUT2D eigenvalue weighted by atomic mass is 16.2. The molecule has 0 radical (unpaired) electrons. The standard InChI is InChI=1S/C21H18N2O3/c24-13-14-6-11-18-19(12-14)21(26)23(20(18)25)17-9-7-16(8-10-17)22-15-4-2-1-3-5-15/h1-5,7-11,13-14,19,22H,6,12H2. The third kappa shape index (κ3) is 2.81. The van der Waals surface area contributed by atoms with E-state index in [-0.39, 0.29) is 17.7 Å². The molecule has 2 atom stereocenters. The third-order valence-corrected chi connectivity index (χ3v) is 4.90. The minimum Gasteiger partial charge on any atom is -0.356 e. The molecule has 2 aromatic carbocycles. The molecule has 1 saturated heterocycles. The number of nitrogens with zero attached hydrogens (tertiary/aromatic N) is 1. The molecule has 2 unspecified atom stereocenters. The van der Waals surface area contributed by atoms with Gasteiger partial charge in [0.25, 0.3) is 5.91 Å². The Kier molecular flexibility index (Phi) is 4.13. The van der Waals surface area contributed by atoms with Crippen LogP contribution in [-0.4, -0.2) is 18.1 Å². The van der Waals surface area contributed by atoms with Crippen LogP contribution in [0.5, 0.6) is 0 Å². The highest BCUT2D eigenvalue weighted by molar-refractivity contribution is 6.29. The summed E-state index contributed by atoms with van der Waals surface area (Å²) < 4.78 is 0. The Morgan fingerprint density at radius 2 is 1.65 bits per heavy atom. The first-order valence-electron chi connectivity index (χ1n) is 8.63. The van der Waals surface area contributed by atoms with Gasteiger partial charge in [0.15, 0.2) is 0 Å². The van der Waals surface area contributed by atoms with Crippen molar-refractivity contribution in [2.45, 2.75) is 12.8 Å². The van der Waals surface area contributed by atoms with Crippen LogP contribution in [0.1, 0.15) is 12.8 Å². The van der Waals surface area contributed by atoms with Gasteiger partial charge in [-0.1, -0.05) is 24.3 Å². The van der Waals surface area contributed by atoms with E-state index in [9.17, 15) is 14.4 Å². The Labute approximate surface area is 151 Å². The molecule has 4 rings (SSSR count). The smallest absolute Gasteiger partial charge is 0.261 e. The number of nitrogens with one attached hydrogen (secondary N) is 1. The zero-order valence-electron chi connectivity index (χ0n) is 14.1. The number of para-hydroxylation sites is 1. The maximum Gasteiger partial charge on any atom is 0.261 e. The number of fused-ring (bicyclic) bond motifs is 1. The first kappa shape index (κ1) is 16.3. The van der Waals surface area contributed by atoms with Crippen molar-refractivity contribution in [3.8, 4) is 0 Å². The van der Waals surface area contributed by atoms with Gasteiger partial charge >= 0.3 is 0 Å². The van der Waals surface area contributed by atoms with Crippen molar-refractivity contribution in [2.24, 2.45) is 11.8 Å². The minimum absolute atomic E-state index is 0.183. The van der Waals surface area contributed by atoms with Gasteiger partial charge in [-0.25, -0.2) is 4.90 Å². The van der Waals surface area contributed by atoms with E-state index in [2.05, 4.69) is 5.32 Å². The summed E-state index contributed by atoms with van der Waals surface area (Å²) in [7, 11) is 0. The fourth-order valence-electron chi connectivity index (χ4n) is 3.54. The number of rotatable bonds is 4. The Bertz CT molecular complexity index is 887. The first-order valence-corrected chi connectivity index (χ1v) is 8.63. The Hall–Kier alpha value is -3.21. The van der Waals surface area contributed by atoms with Crippen LogP contribution in [-0.2, 0) is 14.4 Å². The maximum atomic E-state index is 12.7. The summed E-state index contributed by atoms with van der Waals surface area (Å²) in [6, 6.07) is 17.0. The van der Waals surface area contributed by atoms with Crippen molar-refractivity contribution in [3.05, 3.63) is 66.2 Å². The van der Waals surface area contributed by atoms with Gasteiger partial charge in [0.05, 0.1) is 11.6 Å². The number of carbonyl (C=O) groups excluding carboxylic acids is 3. The molecule has 0 saturated carbocycles. The molecule has 2 aromatic rings. The highest BCUT2D eigenvalue weighted by Gasteiger charge is 2.46. The lowest BCUT2D eigenvalue weighted by molar-refractivity contribution is -0.122. The highest BCUT2D eigenvalue weighted by Crippen LogP contribution is 2.38. The van der Waals surface area contributed by atoms with E-state index in [0.29, 0.717) is 24.1 Å². The molecule has 1 N–H and O–H groups in total. The summed E-state index contributed by atoms with van der Waals surface area (Å²) >= 11 is 0. The topological polar surface area (TPSA) is 66.5 Å². The largest absolute Gasteiger partial charge is 0.356 e. The molecular formula is C21H18N2O3. The molecular weight excluding hydrogens is 328 g/mol. The lowest BCUT2D eigenvalue weighted by Crippen LogP contribution is -2.30. The van der Waals surface area contributed by atoms with Crippen LogP contribution in [0.15, 0.2) is 66.2 Å². The van der Waals surface area contributed by atoms with E-state index in [1.807, 2.05) is 42.5 Å². The summed E-state index contributed by atoms with van der Waals surface area (Å²) in [5.41, 5.74) is 2.91. The Balaban J connectivity index is 1.55. The molecule has 0 bridgehead atoms. The van der Waals surface area contributed by atoms with Crippen molar-refractivity contribution in [3.63, 3.8) is 0 Å². The van der Waals surface area contributed by atoms with Crippen LogP contribution in [0.2, 0.25) is 0 Å². The van der Waals surface area contributed by atoms with Crippen LogP contribution >= 0.6 is 0 Å².